The summed E-state index contributed by atoms with van der Waals surface area (Å²) in [5.74, 6) is -0.325. The first-order valence-corrected chi connectivity index (χ1v) is 7.81. The Balaban J connectivity index is 0.00000220. The van der Waals surface area contributed by atoms with Crippen molar-refractivity contribution in [3.63, 3.8) is 0 Å². The number of carbonyl (C=O) groups excluding carboxylic acids is 1. The molecule has 0 spiro atoms. The Morgan fingerprint density at radius 3 is 2.48 bits per heavy atom. The van der Waals surface area contributed by atoms with E-state index in [-0.39, 0.29) is 18.3 Å². The minimum Gasteiger partial charge on any atom is -0.366 e. The molecule has 0 saturated heterocycles. The molecule has 4 heteroatoms. The summed E-state index contributed by atoms with van der Waals surface area (Å²) >= 11 is 0. The molecular weight excluding hydrogens is 284 g/mol. The van der Waals surface area contributed by atoms with Crippen molar-refractivity contribution < 1.29 is 4.79 Å². The maximum Gasteiger partial charge on any atom is 0.248 e. The number of fused-ring (bicyclic) bond motifs is 1. The lowest BCUT2D eigenvalue weighted by molar-refractivity contribution is 0.1000. The van der Waals surface area contributed by atoms with Crippen molar-refractivity contribution in [2.45, 2.75) is 52.0 Å². The Morgan fingerprint density at radius 2 is 1.90 bits per heavy atom. The Morgan fingerprint density at radius 1 is 1.24 bits per heavy atom. The Bertz CT molecular complexity index is 470. The normalized spacial score (nSPS) is 17.2. The van der Waals surface area contributed by atoms with Gasteiger partial charge < -0.3 is 10.6 Å². The second-order valence-corrected chi connectivity index (χ2v) is 5.78. The number of halogens is 1. The van der Waals surface area contributed by atoms with Crippen LogP contribution in [0.2, 0.25) is 0 Å². The first kappa shape index (κ1) is 18.0. The maximum absolute atomic E-state index is 11.3. The first-order valence-electron chi connectivity index (χ1n) is 7.81. The van der Waals surface area contributed by atoms with Crippen LogP contribution < -0.4 is 5.73 Å². The minimum absolute atomic E-state index is 0. The van der Waals surface area contributed by atoms with Crippen LogP contribution in [0.1, 0.15) is 54.6 Å². The molecule has 2 N–H and O–H groups in total. The third kappa shape index (κ3) is 4.45. The van der Waals surface area contributed by atoms with Crippen LogP contribution in [-0.4, -0.2) is 29.9 Å². The van der Waals surface area contributed by atoms with E-state index in [9.17, 15) is 4.79 Å². The largest absolute Gasteiger partial charge is 0.366 e. The molecule has 118 valence electrons. The molecule has 1 aromatic carbocycles. The number of nitrogens with zero attached hydrogens (tertiary/aromatic N) is 1. The molecule has 1 aliphatic carbocycles. The average Bonchev–Trinajstić information content (AvgIpc) is 2.45. The second kappa shape index (κ2) is 8.40. The van der Waals surface area contributed by atoms with E-state index in [1.165, 1.54) is 43.5 Å². The molecule has 1 atom stereocenters. The molecule has 0 saturated carbocycles. The number of benzene rings is 1. The predicted octanol–water partition coefficient (Wildman–Crippen LogP) is 3.19. The standard InChI is InChI=1S/C17H26N2O.ClH/c1-3-9-19(10-4-2)16-8-7-13-5-6-14(17(18)20)11-15(13)12-16;/h5-6,11,16H,3-4,7-10,12H2,1-2H3,(H2,18,20);1H. The minimum atomic E-state index is -0.325. The van der Waals surface area contributed by atoms with Gasteiger partial charge in [-0.05, 0) is 68.5 Å². The van der Waals surface area contributed by atoms with E-state index < -0.39 is 0 Å². The van der Waals surface area contributed by atoms with Crippen molar-refractivity contribution in [3.05, 3.63) is 34.9 Å². The number of hydrogen-bond donors (Lipinski definition) is 1. The summed E-state index contributed by atoms with van der Waals surface area (Å²) in [4.78, 5) is 13.9. The van der Waals surface area contributed by atoms with Gasteiger partial charge in [0.05, 0.1) is 0 Å². The molecular formula is C17H27ClN2O. The number of primary amides is 1. The van der Waals surface area contributed by atoms with Gasteiger partial charge in [0.2, 0.25) is 5.91 Å². The lowest BCUT2D eigenvalue weighted by Crippen LogP contribution is -2.40. The van der Waals surface area contributed by atoms with Crippen LogP contribution in [0.4, 0.5) is 0 Å². The number of hydrogen-bond acceptors (Lipinski definition) is 2. The molecule has 0 aliphatic heterocycles. The van der Waals surface area contributed by atoms with Gasteiger partial charge in [0.1, 0.15) is 0 Å². The fraction of sp³-hybridized carbons (Fsp3) is 0.588. The second-order valence-electron chi connectivity index (χ2n) is 5.78. The van der Waals surface area contributed by atoms with E-state index in [1.54, 1.807) is 0 Å². The zero-order valence-electron chi connectivity index (χ0n) is 13.1. The summed E-state index contributed by atoms with van der Waals surface area (Å²) in [5, 5.41) is 0. The van der Waals surface area contributed by atoms with Gasteiger partial charge in [0, 0.05) is 11.6 Å². The summed E-state index contributed by atoms with van der Waals surface area (Å²) in [5.41, 5.74) is 8.73. The summed E-state index contributed by atoms with van der Waals surface area (Å²) in [6.45, 7) is 6.82. The Kier molecular flexibility index (Phi) is 7.20. The SMILES string of the molecule is CCCN(CCC)C1CCc2ccc(C(N)=O)cc2C1.Cl. The number of aryl methyl sites for hydroxylation is 1. The van der Waals surface area contributed by atoms with Gasteiger partial charge in [-0.25, -0.2) is 0 Å². The monoisotopic (exact) mass is 310 g/mol. The van der Waals surface area contributed by atoms with Crippen molar-refractivity contribution in [2.75, 3.05) is 13.1 Å². The number of nitrogens with two attached hydrogens (primary N) is 1. The molecule has 0 bridgehead atoms. The fourth-order valence-electron chi connectivity index (χ4n) is 3.25. The number of amides is 1. The van der Waals surface area contributed by atoms with Crippen molar-refractivity contribution in [1.29, 1.82) is 0 Å². The molecule has 0 heterocycles. The molecule has 0 fully saturated rings. The molecule has 21 heavy (non-hydrogen) atoms. The van der Waals surface area contributed by atoms with Crippen LogP contribution in [0.15, 0.2) is 18.2 Å². The first-order chi connectivity index (χ1) is 9.65. The highest BCUT2D eigenvalue weighted by atomic mass is 35.5. The van der Waals surface area contributed by atoms with Gasteiger partial charge in [-0.15, -0.1) is 12.4 Å². The highest BCUT2D eigenvalue weighted by molar-refractivity contribution is 5.93. The molecule has 0 radical (unpaired) electrons. The van der Waals surface area contributed by atoms with E-state index in [1.807, 2.05) is 12.1 Å². The third-order valence-corrected chi connectivity index (χ3v) is 4.23. The van der Waals surface area contributed by atoms with Crippen LogP contribution in [0.3, 0.4) is 0 Å². The predicted molar refractivity (Wildman–Crippen MR) is 90.2 cm³/mol. The van der Waals surface area contributed by atoms with E-state index in [2.05, 4.69) is 24.8 Å². The van der Waals surface area contributed by atoms with Gasteiger partial charge in [-0.2, -0.15) is 0 Å². The van der Waals surface area contributed by atoms with Crippen LogP contribution in [0.25, 0.3) is 0 Å². The van der Waals surface area contributed by atoms with Gasteiger partial charge in [0.25, 0.3) is 0 Å². The highest BCUT2D eigenvalue weighted by Gasteiger charge is 2.23. The zero-order chi connectivity index (χ0) is 14.5. The van der Waals surface area contributed by atoms with Gasteiger partial charge in [-0.1, -0.05) is 19.9 Å². The average molecular weight is 311 g/mol. The number of carbonyl (C=O) groups is 1. The van der Waals surface area contributed by atoms with Crippen molar-refractivity contribution in [2.24, 2.45) is 5.73 Å². The maximum atomic E-state index is 11.3. The molecule has 1 unspecified atom stereocenters. The molecule has 1 amide bonds. The summed E-state index contributed by atoms with van der Waals surface area (Å²) < 4.78 is 0. The van der Waals surface area contributed by atoms with Crippen LogP contribution >= 0.6 is 12.4 Å². The van der Waals surface area contributed by atoms with E-state index in [4.69, 9.17) is 5.73 Å². The number of rotatable bonds is 6. The quantitative estimate of drug-likeness (QED) is 0.877. The summed E-state index contributed by atoms with van der Waals surface area (Å²) in [6, 6.07) is 6.55. The topological polar surface area (TPSA) is 46.3 Å². The van der Waals surface area contributed by atoms with Crippen molar-refractivity contribution in [1.82, 2.24) is 4.90 Å². The third-order valence-electron chi connectivity index (χ3n) is 4.23. The van der Waals surface area contributed by atoms with Gasteiger partial charge in [-0.3, -0.25) is 4.79 Å². The van der Waals surface area contributed by atoms with Crippen LogP contribution in [-0.2, 0) is 12.8 Å². The molecule has 1 aromatic rings. The van der Waals surface area contributed by atoms with Gasteiger partial charge in [0.15, 0.2) is 0 Å². The summed E-state index contributed by atoms with van der Waals surface area (Å²) in [6.07, 6.45) is 5.79. The Hall–Kier alpha value is -1.06. The molecule has 3 nitrogen and oxygen atoms in total. The van der Waals surface area contributed by atoms with Crippen LogP contribution in [0, 0.1) is 0 Å². The zero-order valence-corrected chi connectivity index (χ0v) is 13.9. The molecule has 1 aliphatic rings. The lowest BCUT2D eigenvalue weighted by Gasteiger charge is -2.35. The van der Waals surface area contributed by atoms with E-state index in [0.29, 0.717) is 11.6 Å². The smallest absolute Gasteiger partial charge is 0.248 e. The Labute approximate surface area is 134 Å². The van der Waals surface area contributed by atoms with E-state index >= 15 is 0 Å². The fourth-order valence-corrected chi connectivity index (χ4v) is 3.25. The van der Waals surface area contributed by atoms with Crippen molar-refractivity contribution >= 4 is 18.3 Å². The summed E-state index contributed by atoms with van der Waals surface area (Å²) in [7, 11) is 0. The highest BCUT2D eigenvalue weighted by Crippen LogP contribution is 2.26. The molecule has 2 rings (SSSR count). The lowest BCUT2D eigenvalue weighted by atomic mass is 9.86. The molecule has 0 aromatic heterocycles. The van der Waals surface area contributed by atoms with Gasteiger partial charge >= 0.3 is 0 Å². The van der Waals surface area contributed by atoms with Crippen LogP contribution in [0.5, 0.6) is 0 Å². The van der Waals surface area contributed by atoms with E-state index in [0.717, 1.165) is 12.8 Å². The van der Waals surface area contributed by atoms with Crippen molar-refractivity contribution in [3.8, 4) is 0 Å².